The minimum absolute atomic E-state index is 0.527. The van der Waals surface area contributed by atoms with Crippen molar-refractivity contribution in [3.63, 3.8) is 0 Å². The van der Waals surface area contributed by atoms with Gasteiger partial charge in [0.05, 0.1) is 27.6 Å². The molecule has 0 saturated heterocycles. The van der Waals surface area contributed by atoms with E-state index in [9.17, 15) is 0 Å². The molecule has 14 rings (SSSR count). The smallest absolute Gasteiger partial charge is 0.167 e. The van der Waals surface area contributed by atoms with Crippen molar-refractivity contribution in [3.8, 4) is 45.5 Å². The molecule has 0 N–H and O–H groups in total. The number of furan rings is 1. The lowest BCUT2D eigenvalue weighted by Gasteiger charge is -2.14. The molecule has 0 amide bonds. The Kier molecular flexibility index (Phi) is 7.59. The Morgan fingerprint density at radius 1 is 0.323 bits per heavy atom. The van der Waals surface area contributed by atoms with E-state index in [0.717, 1.165) is 77.5 Å². The Hall–Kier alpha value is -8.87. The van der Waals surface area contributed by atoms with Gasteiger partial charge in [0.25, 0.3) is 0 Å². The van der Waals surface area contributed by atoms with Gasteiger partial charge in [-0.15, -0.1) is 0 Å². The first-order valence-electron chi connectivity index (χ1n) is 21.9. The van der Waals surface area contributed by atoms with Crippen LogP contribution in [0.5, 0.6) is 0 Å². The highest BCUT2D eigenvalue weighted by Gasteiger charge is 2.23. The monoisotopic (exact) mass is 829 g/mol. The average Bonchev–Trinajstić information content (AvgIpc) is 4.03. The Bertz CT molecular complexity index is 4240. The Balaban J connectivity index is 1.08. The minimum Gasteiger partial charge on any atom is -0.455 e. The first-order valence-corrected chi connectivity index (χ1v) is 21.9. The summed E-state index contributed by atoms with van der Waals surface area (Å²) in [7, 11) is 0. The highest BCUT2D eigenvalue weighted by molar-refractivity contribution is 6.21. The summed E-state index contributed by atoms with van der Waals surface area (Å²) in [6.45, 7) is 0. The number of hydrogen-bond acceptors (Lipinski definition) is 4. The third-order valence-corrected chi connectivity index (χ3v) is 13.1. The van der Waals surface area contributed by atoms with Crippen LogP contribution in [-0.4, -0.2) is 24.1 Å². The van der Waals surface area contributed by atoms with Gasteiger partial charge in [-0.05, 0) is 70.8 Å². The lowest BCUT2D eigenvalue weighted by molar-refractivity contribution is 0.669. The molecule has 0 bridgehead atoms. The second-order valence-electron chi connectivity index (χ2n) is 16.8. The molecular weight excluding hydrogens is 795 g/mol. The summed E-state index contributed by atoms with van der Waals surface area (Å²) < 4.78 is 11.6. The van der Waals surface area contributed by atoms with Gasteiger partial charge in [-0.2, -0.15) is 0 Å². The number of aromatic nitrogens is 5. The Labute approximate surface area is 371 Å². The van der Waals surface area contributed by atoms with Crippen molar-refractivity contribution in [2.75, 3.05) is 0 Å². The Morgan fingerprint density at radius 2 is 0.938 bits per heavy atom. The van der Waals surface area contributed by atoms with E-state index in [-0.39, 0.29) is 0 Å². The van der Waals surface area contributed by atoms with E-state index in [4.69, 9.17) is 19.4 Å². The normalized spacial score (nSPS) is 12.0. The van der Waals surface area contributed by atoms with Crippen LogP contribution in [0.15, 0.2) is 217 Å². The summed E-state index contributed by atoms with van der Waals surface area (Å²) >= 11 is 0. The molecule has 0 fully saturated rings. The molecule has 0 atom stereocenters. The molecule has 0 radical (unpaired) electrons. The van der Waals surface area contributed by atoms with Crippen LogP contribution in [0.4, 0.5) is 0 Å². The van der Waals surface area contributed by atoms with Crippen molar-refractivity contribution in [3.05, 3.63) is 212 Å². The van der Waals surface area contributed by atoms with Crippen molar-refractivity contribution >= 4 is 87.1 Å². The number of rotatable bonds is 5. The van der Waals surface area contributed by atoms with Crippen LogP contribution >= 0.6 is 0 Å². The van der Waals surface area contributed by atoms with Gasteiger partial charge in [0.15, 0.2) is 17.5 Å². The lowest BCUT2D eigenvalue weighted by atomic mass is 10.0. The van der Waals surface area contributed by atoms with E-state index in [1.54, 1.807) is 0 Å². The maximum atomic E-state index is 6.85. The van der Waals surface area contributed by atoms with Crippen LogP contribution in [0, 0.1) is 0 Å². The molecule has 0 spiro atoms. The summed E-state index contributed by atoms with van der Waals surface area (Å²) in [5.74, 6) is 1.68. The molecule has 6 heteroatoms. The SMILES string of the molecule is c1ccc(-c2nc(-c3ccc4c5ccccc5n(-c5ccccc5)c4c3)nc(-c3cc(-n4c5cc6ccccc6cc5c5ccc6ccccc6c54)cc4c3oc3ccccc34)n2)cc1. The molecule has 302 valence electrons. The fourth-order valence-corrected chi connectivity index (χ4v) is 10.1. The van der Waals surface area contributed by atoms with Gasteiger partial charge < -0.3 is 13.6 Å². The molecule has 65 heavy (non-hydrogen) atoms. The second kappa shape index (κ2) is 13.8. The topological polar surface area (TPSA) is 61.7 Å². The zero-order valence-electron chi connectivity index (χ0n) is 34.9. The molecule has 0 aliphatic heterocycles. The van der Waals surface area contributed by atoms with Crippen LogP contribution in [0.2, 0.25) is 0 Å². The molecule has 0 saturated carbocycles. The largest absolute Gasteiger partial charge is 0.455 e. The standard InChI is InChI=1S/C59H35N5O/c1-3-16-37(17-4-1)57-60-58(40-28-29-45-44-23-11-13-25-51(44)63(52(45)33-40)41-20-5-2-6-21-41)62-59(61-57)50-35-42(34-49-46-24-12-14-26-54(46)65-56(49)50)64-53-32-39-19-8-7-18-38(39)31-48(53)47-30-27-36-15-9-10-22-43(36)55(47)64/h1-35H. The van der Waals surface area contributed by atoms with E-state index < -0.39 is 0 Å². The van der Waals surface area contributed by atoms with Crippen LogP contribution in [0.3, 0.4) is 0 Å². The summed E-state index contributed by atoms with van der Waals surface area (Å²) in [5.41, 5.74) is 10.7. The summed E-state index contributed by atoms with van der Waals surface area (Å²) in [6.07, 6.45) is 0. The number of benzene rings is 10. The fourth-order valence-electron chi connectivity index (χ4n) is 10.1. The van der Waals surface area contributed by atoms with E-state index in [0.29, 0.717) is 17.5 Å². The third-order valence-electron chi connectivity index (χ3n) is 13.1. The van der Waals surface area contributed by atoms with Crippen LogP contribution in [0.1, 0.15) is 0 Å². The van der Waals surface area contributed by atoms with Gasteiger partial charge in [-0.3, -0.25) is 0 Å². The maximum Gasteiger partial charge on any atom is 0.167 e. The van der Waals surface area contributed by atoms with Gasteiger partial charge in [0.1, 0.15) is 11.2 Å². The zero-order valence-corrected chi connectivity index (χ0v) is 34.9. The average molecular weight is 830 g/mol. The zero-order chi connectivity index (χ0) is 42.6. The number of para-hydroxylation sites is 3. The van der Waals surface area contributed by atoms with Gasteiger partial charge in [0.2, 0.25) is 0 Å². The van der Waals surface area contributed by atoms with Crippen LogP contribution in [0.25, 0.3) is 133 Å². The van der Waals surface area contributed by atoms with Crippen LogP contribution in [-0.2, 0) is 0 Å². The van der Waals surface area contributed by atoms with Crippen LogP contribution < -0.4 is 0 Å². The molecule has 4 heterocycles. The summed E-state index contributed by atoms with van der Waals surface area (Å²) in [4.78, 5) is 16.0. The highest BCUT2D eigenvalue weighted by atomic mass is 16.3. The van der Waals surface area contributed by atoms with Crippen molar-refractivity contribution in [1.82, 2.24) is 24.1 Å². The van der Waals surface area contributed by atoms with Crippen molar-refractivity contribution in [1.29, 1.82) is 0 Å². The van der Waals surface area contributed by atoms with Crippen molar-refractivity contribution in [2.24, 2.45) is 0 Å². The quantitative estimate of drug-likeness (QED) is 0.173. The number of nitrogens with zero attached hydrogens (tertiary/aromatic N) is 5. The first-order chi connectivity index (χ1) is 32.2. The molecular formula is C59H35N5O. The molecule has 4 aromatic heterocycles. The minimum atomic E-state index is 0.527. The molecule has 6 nitrogen and oxygen atoms in total. The van der Waals surface area contributed by atoms with E-state index in [1.807, 2.05) is 30.3 Å². The van der Waals surface area contributed by atoms with Gasteiger partial charge in [-0.25, -0.2) is 15.0 Å². The fraction of sp³-hybridized carbons (Fsp3) is 0. The first kappa shape index (κ1) is 35.7. The van der Waals surface area contributed by atoms with Crippen molar-refractivity contribution in [2.45, 2.75) is 0 Å². The van der Waals surface area contributed by atoms with Gasteiger partial charge in [0, 0.05) is 60.2 Å². The number of fused-ring (bicyclic) bond motifs is 12. The van der Waals surface area contributed by atoms with E-state index in [1.165, 1.54) is 37.7 Å². The summed E-state index contributed by atoms with van der Waals surface area (Å²) in [5, 5.41) is 11.5. The third kappa shape index (κ3) is 5.44. The second-order valence-corrected chi connectivity index (χ2v) is 16.8. The summed E-state index contributed by atoms with van der Waals surface area (Å²) in [6, 6.07) is 75.1. The Morgan fingerprint density at radius 3 is 1.77 bits per heavy atom. The van der Waals surface area contributed by atoms with Gasteiger partial charge in [-0.1, -0.05) is 158 Å². The highest BCUT2D eigenvalue weighted by Crippen LogP contribution is 2.43. The van der Waals surface area contributed by atoms with E-state index in [2.05, 4.69) is 191 Å². The molecule has 14 aromatic rings. The molecule has 0 aliphatic rings. The molecule has 0 aliphatic carbocycles. The predicted molar refractivity (Wildman–Crippen MR) is 267 cm³/mol. The lowest BCUT2D eigenvalue weighted by Crippen LogP contribution is -2.02. The van der Waals surface area contributed by atoms with Crippen molar-refractivity contribution < 1.29 is 4.42 Å². The van der Waals surface area contributed by atoms with Gasteiger partial charge >= 0.3 is 0 Å². The van der Waals surface area contributed by atoms with E-state index >= 15 is 0 Å². The number of hydrogen-bond donors (Lipinski definition) is 0. The predicted octanol–water partition coefficient (Wildman–Crippen LogP) is 15.3. The molecule has 0 unspecified atom stereocenters. The molecule has 10 aromatic carbocycles. The maximum absolute atomic E-state index is 6.85.